The third-order valence-corrected chi connectivity index (χ3v) is 3.54. The molecule has 5 nitrogen and oxygen atoms in total. The average molecular weight is 249 g/mol. The summed E-state index contributed by atoms with van der Waals surface area (Å²) in [6.45, 7) is 0.689. The molecule has 0 radical (unpaired) electrons. The minimum absolute atomic E-state index is 0.111. The lowest BCUT2D eigenvalue weighted by Crippen LogP contribution is -2.24. The van der Waals surface area contributed by atoms with Gasteiger partial charge in [0.1, 0.15) is 5.52 Å². The van der Waals surface area contributed by atoms with E-state index >= 15 is 0 Å². The summed E-state index contributed by atoms with van der Waals surface area (Å²) < 4.78 is 4.70. The first kappa shape index (κ1) is 10.6. The number of hydrogen-bond acceptors (Lipinski definition) is 5. The molecule has 17 heavy (non-hydrogen) atoms. The van der Waals surface area contributed by atoms with Crippen molar-refractivity contribution in [2.75, 3.05) is 17.2 Å². The van der Waals surface area contributed by atoms with E-state index in [0.29, 0.717) is 29.9 Å². The van der Waals surface area contributed by atoms with E-state index in [4.69, 9.17) is 4.63 Å². The Balaban J connectivity index is 2.04. The van der Waals surface area contributed by atoms with Gasteiger partial charge in [0.15, 0.2) is 5.52 Å². The quantitative estimate of drug-likeness (QED) is 0.819. The van der Waals surface area contributed by atoms with Gasteiger partial charge in [-0.3, -0.25) is 4.79 Å². The summed E-state index contributed by atoms with van der Waals surface area (Å²) in [6.07, 6.45) is 0.547. The molecule has 1 saturated heterocycles. The number of amides is 1. The Labute approximate surface area is 103 Å². The van der Waals surface area contributed by atoms with Gasteiger partial charge in [-0.15, -0.1) is 0 Å². The first-order chi connectivity index (χ1) is 8.29. The van der Waals surface area contributed by atoms with Gasteiger partial charge in [-0.1, -0.05) is 6.07 Å². The van der Waals surface area contributed by atoms with Gasteiger partial charge >= 0.3 is 0 Å². The van der Waals surface area contributed by atoms with E-state index in [2.05, 4.69) is 22.9 Å². The van der Waals surface area contributed by atoms with Crippen molar-refractivity contribution in [1.29, 1.82) is 0 Å². The van der Waals surface area contributed by atoms with Crippen LogP contribution in [0.5, 0.6) is 0 Å². The molecule has 3 rings (SSSR count). The van der Waals surface area contributed by atoms with E-state index in [0.717, 1.165) is 11.4 Å². The molecule has 2 aromatic rings. The highest BCUT2D eigenvalue weighted by molar-refractivity contribution is 7.80. The number of rotatable bonds is 2. The van der Waals surface area contributed by atoms with Gasteiger partial charge in [0.2, 0.25) is 5.91 Å². The predicted octanol–water partition coefficient (Wildman–Crippen LogP) is 1.51. The zero-order chi connectivity index (χ0) is 11.8. The number of hydrogen-bond donors (Lipinski definition) is 1. The molecule has 1 aliphatic rings. The number of fused-ring (bicyclic) bond motifs is 1. The van der Waals surface area contributed by atoms with Crippen LogP contribution in [0.3, 0.4) is 0 Å². The van der Waals surface area contributed by atoms with Crippen molar-refractivity contribution in [3.63, 3.8) is 0 Å². The minimum Gasteiger partial charge on any atom is -0.310 e. The number of benzene rings is 1. The fourth-order valence-corrected chi connectivity index (χ4v) is 2.39. The number of nitrogens with zero attached hydrogens (tertiary/aromatic N) is 3. The number of carbonyl (C=O) groups excluding carboxylic acids is 1. The van der Waals surface area contributed by atoms with Crippen molar-refractivity contribution in [3.05, 3.63) is 18.2 Å². The number of anilines is 1. The van der Waals surface area contributed by atoms with Crippen LogP contribution in [-0.4, -0.2) is 28.5 Å². The fourth-order valence-electron chi connectivity index (χ4n) is 2.15. The normalized spacial score (nSPS) is 20.4. The molecule has 2 heterocycles. The average Bonchev–Trinajstić information content (AvgIpc) is 2.94. The fraction of sp³-hybridized carbons (Fsp3) is 0.364. The molecule has 6 heteroatoms. The highest BCUT2D eigenvalue weighted by Crippen LogP contribution is 2.30. The van der Waals surface area contributed by atoms with Crippen LogP contribution in [0.15, 0.2) is 22.8 Å². The second-order valence-electron chi connectivity index (χ2n) is 4.17. The molecule has 0 spiro atoms. The molecule has 0 bridgehead atoms. The van der Waals surface area contributed by atoms with Crippen molar-refractivity contribution in [3.8, 4) is 0 Å². The van der Waals surface area contributed by atoms with Crippen LogP contribution in [0.25, 0.3) is 11.0 Å². The van der Waals surface area contributed by atoms with Crippen LogP contribution >= 0.6 is 12.6 Å². The lowest BCUT2D eigenvalue weighted by atomic mass is 10.1. The van der Waals surface area contributed by atoms with Crippen molar-refractivity contribution < 1.29 is 9.42 Å². The van der Waals surface area contributed by atoms with Crippen LogP contribution in [0, 0.1) is 5.92 Å². The van der Waals surface area contributed by atoms with E-state index in [-0.39, 0.29) is 5.91 Å². The molecule has 1 aromatic carbocycles. The number of thiol groups is 1. The van der Waals surface area contributed by atoms with Crippen molar-refractivity contribution in [2.24, 2.45) is 5.92 Å². The summed E-state index contributed by atoms with van der Waals surface area (Å²) in [5, 5.41) is 7.63. The van der Waals surface area contributed by atoms with Crippen LogP contribution in [0.4, 0.5) is 5.69 Å². The first-order valence-electron chi connectivity index (χ1n) is 5.42. The Morgan fingerprint density at radius 2 is 2.35 bits per heavy atom. The Kier molecular flexibility index (Phi) is 2.51. The molecule has 0 saturated carbocycles. The van der Waals surface area contributed by atoms with Gasteiger partial charge < -0.3 is 4.90 Å². The Hall–Kier alpha value is -1.56. The standard InChI is InChI=1S/C11H11N3O2S/c15-10-4-7(6-17)5-14(10)9-3-1-2-8-11(9)13-16-12-8/h1-3,7,17H,4-6H2. The third kappa shape index (κ3) is 1.68. The van der Waals surface area contributed by atoms with Crippen LogP contribution in [0.2, 0.25) is 0 Å². The summed E-state index contributed by atoms with van der Waals surface area (Å²) in [5.41, 5.74) is 2.09. The smallest absolute Gasteiger partial charge is 0.227 e. The number of aromatic nitrogens is 2. The van der Waals surface area contributed by atoms with Gasteiger partial charge in [0, 0.05) is 13.0 Å². The molecule has 1 amide bonds. The highest BCUT2D eigenvalue weighted by atomic mass is 32.1. The molecular formula is C11H11N3O2S. The van der Waals surface area contributed by atoms with Crippen LogP contribution < -0.4 is 4.90 Å². The van der Waals surface area contributed by atoms with Gasteiger partial charge in [0.25, 0.3) is 0 Å². The lowest BCUT2D eigenvalue weighted by Gasteiger charge is -2.16. The molecule has 1 atom stereocenters. The summed E-state index contributed by atoms with van der Waals surface area (Å²) in [6, 6.07) is 5.53. The van der Waals surface area contributed by atoms with Crippen LogP contribution in [0.1, 0.15) is 6.42 Å². The maximum Gasteiger partial charge on any atom is 0.227 e. The predicted molar refractivity (Wildman–Crippen MR) is 66.1 cm³/mol. The van der Waals surface area contributed by atoms with E-state index < -0.39 is 0 Å². The second-order valence-corrected chi connectivity index (χ2v) is 4.53. The molecule has 1 aromatic heterocycles. The van der Waals surface area contributed by atoms with Gasteiger partial charge in [0.05, 0.1) is 5.69 Å². The van der Waals surface area contributed by atoms with E-state index in [1.54, 1.807) is 4.90 Å². The zero-order valence-corrected chi connectivity index (χ0v) is 9.93. The molecule has 88 valence electrons. The maximum absolute atomic E-state index is 11.9. The minimum atomic E-state index is 0.111. The highest BCUT2D eigenvalue weighted by Gasteiger charge is 2.31. The maximum atomic E-state index is 11.9. The molecule has 1 aliphatic heterocycles. The first-order valence-corrected chi connectivity index (χ1v) is 6.05. The lowest BCUT2D eigenvalue weighted by molar-refractivity contribution is -0.117. The third-order valence-electron chi connectivity index (χ3n) is 3.02. The molecule has 1 fully saturated rings. The van der Waals surface area contributed by atoms with Gasteiger partial charge in [-0.2, -0.15) is 12.6 Å². The monoisotopic (exact) mass is 249 g/mol. The Morgan fingerprint density at radius 3 is 3.12 bits per heavy atom. The van der Waals surface area contributed by atoms with Crippen molar-refractivity contribution in [2.45, 2.75) is 6.42 Å². The van der Waals surface area contributed by atoms with Crippen molar-refractivity contribution in [1.82, 2.24) is 10.3 Å². The summed E-state index contributed by atoms with van der Waals surface area (Å²) in [7, 11) is 0. The Bertz CT molecular complexity index is 569. The summed E-state index contributed by atoms with van der Waals surface area (Å²) in [5.74, 6) is 1.13. The van der Waals surface area contributed by atoms with Gasteiger partial charge in [-0.05, 0) is 34.1 Å². The molecule has 0 aliphatic carbocycles. The number of carbonyl (C=O) groups is 1. The molecule has 0 N–H and O–H groups in total. The zero-order valence-electron chi connectivity index (χ0n) is 9.04. The van der Waals surface area contributed by atoms with E-state index in [9.17, 15) is 4.79 Å². The van der Waals surface area contributed by atoms with Gasteiger partial charge in [-0.25, -0.2) is 4.63 Å². The summed E-state index contributed by atoms with van der Waals surface area (Å²) in [4.78, 5) is 13.7. The molecular weight excluding hydrogens is 238 g/mol. The molecule has 1 unspecified atom stereocenters. The van der Waals surface area contributed by atoms with Crippen LogP contribution in [-0.2, 0) is 4.79 Å². The summed E-state index contributed by atoms with van der Waals surface area (Å²) >= 11 is 4.25. The van der Waals surface area contributed by atoms with E-state index in [1.807, 2.05) is 18.2 Å². The van der Waals surface area contributed by atoms with E-state index in [1.165, 1.54) is 0 Å². The topological polar surface area (TPSA) is 59.2 Å². The second kappa shape index (κ2) is 4.03. The van der Waals surface area contributed by atoms with Crippen molar-refractivity contribution >= 4 is 35.3 Å². The Morgan fingerprint density at radius 1 is 1.47 bits per heavy atom. The largest absolute Gasteiger partial charge is 0.310 e. The SMILES string of the molecule is O=C1CC(CS)CN1c1cccc2nonc12.